The Morgan fingerprint density at radius 2 is 2.09 bits per heavy atom. The molecule has 1 aromatic carbocycles. The van der Waals surface area contributed by atoms with Crippen molar-refractivity contribution in [2.75, 3.05) is 10.7 Å². The number of aliphatic carboxylic acids is 1. The van der Waals surface area contributed by atoms with Gasteiger partial charge in [-0.05, 0) is 25.0 Å². The highest BCUT2D eigenvalue weighted by Gasteiger charge is 2.48. The quantitative estimate of drug-likeness (QED) is 0.624. The van der Waals surface area contributed by atoms with E-state index in [1.165, 1.54) is 0 Å². The molecule has 0 bridgehead atoms. The average Bonchev–Trinajstić information content (AvgIpc) is 3.02. The lowest BCUT2D eigenvalue weighted by Gasteiger charge is -2.27. The van der Waals surface area contributed by atoms with Crippen LogP contribution in [-0.4, -0.2) is 40.2 Å². The van der Waals surface area contributed by atoms with Crippen LogP contribution in [0.1, 0.15) is 25.7 Å². The third-order valence-corrected chi connectivity index (χ3v) is 5.77. The van der Waals surface area contributed by atoms with Crippen molar-refractivity contribution in [2.24, 2.45) is 0 Å². The molecule has 2 fully saturated rings. The van der Waals surface area contributed by atoms with Gasteiger partial charge in [0.2, 0.25) is 0 Å². The summed E-state index contributed by atoms with van der Waals surface area (Å²) in [6.45, 7) is 0. The molecule has 0 unspecified atom stereocenters. The van der Waals surface area contributed by atoms with Gasteiger partial charge in [0.05, 0.1) is 12.1 Å². The largest absolute Gasteiger partial charge is 0.481 e. The molecule has 22 heavy (non-hydrogen) atoms. The molecule has 0 aromatic heterocycles. The van der Waals surface area contributed by atoms with Crippen LogP contribution in [0.5, 0.6) is 0 Å². The molecule has 2 N–H and O–H groups in total. The second-order valence-electron chi connectivity index (χ2n) is 5.76. The van der Waals surface area contributed by atoms with Crippen LogP contribution in [0.2, 0.25) is 0 Å². The van der Waals surface area contributed by atoms with Crippen LogP contribution in [0.15, 0.2) is 30.3 Å². The van der Waals surface area contributed by atoms with E-state index in [2.05, 4.69) is 5.32 Å². The summed E-state index contributed by atoms with van der Waals surface area (Å²) in [7, 11) is 0. The summed E-state index contributed by atoms with van der Waals surface area (Å²) in [6.07, 6.45) is 2.78. The summed E-state index contributed by atoms with van der Waals surface area (Å²) in [4.78, 5) is 24.8. The number of fused-ring (bicyclic) bond motifs is 1. The van der Waals surface area contributed by atoms with E-state index in [0.29, 0.717) is 11.7 Å². The maximum atomic E-state index is 12.3. The lowest BCUT2D eigenvalue weighted by Crippen LogP contribution is -2.41. The first-order chi connectivity index (χ1) is 10.7. The molecule has 1 aromatic rings. The molecular formula is C16H20N2O3S. The Morgan fingerprint density at radius 3 is 2.82 bits per heavy atom. The maximum Gasteiger partial charge on any atom is 0.322 e. The standard InChI is InChI=1S/C16H20N2O3S/c19-14(20)9-5-4-8-13-15-12(10-22-13)17-16(21)18(15)11-6-2-1-3-7-11/h1-3,6-7,12-13,15H,4-5,8-10H2,(H,17,21)(H,19,20)/t12-,13+,15-/m1/s1. The van der Waals surface area contributed by atoms with Gasteiger partial charge in [0.25, 0.3) is 0 Å². The lowest BCUT2D eigenvalue weighted by molar-refractivity contribution is -0.137. The highest BCUT2D eigenvalue weighted by atomic mass is 32.2. The number of nitrogens with one attached hydrogen (secondary N) is 1. The Balaban J connectivity index is 1.67. The van der Waals surface area contributed by atoms with Crippen molar-refractivity contribution in [2.45, 2.75) is 43.0 Å². The predicted molar refractivity (Wildman–Crippen MR) is 87.4 cm³/mol. The smallest absolute Gasteiger partial charge is 0.322 e. The number of hydrogen-bond acceptors (Lipinski definition) is 3. The fourth-order valence-corrected chi connectivity index (χ4v) is 4.85. The van der Waals surface area contributed by atoms with Crippen LogP contribution in [0.25, 0.3) is 0 Å². The summed E-state index contributed by atoms with van der Waals surface area (Å²) in [6, 6.07) is 10.1. The normalized spacial score (nSPS) is 26.8. The number of carbonyl (C=O) groups is 2. The molecule has 2 aliphatic heterocycles. The first-order valence-corrected chi connectivity index (χ1v) is 8.70. The molecule has 5 nitrogen and oxygen atoms in total. The van der Waals surface area contributed by atoms with Gasteiger partial charge in [-0.2, -0.15) is 11.8 Å². The highest BCUT2D eigenvalue weighted by molar-refractivity contribution is 8.00. The third kappa shape index (κ3) is 3.06. The number of amides is 2. The van der Waals surface area contributed by atoms with Gasteiger partial charge in [-0.1, -0.05) is 24.6 Å². The number of carboxylic acids is 1. The van der Waals surface area contributed by atoms with Gasteiger partial charge >= 0.3 is 12.0 Å². The van der Waals surface area contributed by atoms with Crippen molar-refractivity contribution < 1.29 is 14.7 Å². The summed E-state index contributed by atoms with van der Waals surface area (Å²) in [5.74, 6) is 0.198. The van der Waals surface area contributed by atoms with E-state index in [1.807, 2.05) is 47.0 Å². The Hall–Kier alpha value is -1.69. The number of benzene rings is 1. The molecule has 2 heterocycles. The fraction of sp³-hybridized carbons (Fsp3) is 0.500. The van der Waals surface area contributed by atoms with Crippen molar-refractivity contribution in [1.29, 1.82) is 0 Å². The van der Waals surface area contributed by atoms with E-state index in [1.54, 1.807) is 0 Å². The number of nitrogens with zero attached hydrogens (tertiary/aromatic N) is 1. The molecule has 118 valence electrons. The van der Waals surface area contributed by atoms with Crippen LogP contribution in [0, 0.1) is 0 Å². The number of rotatable bonds is 6. The van der Waals surface area contributed by atoms with Crippen molar-refractivity contribution >= 4 is 29.4 Å². The molecule has 0 aliphatic carbocycles. The molecule has 2 amide bonds. The monoisotopic (exact) mass is 320 g/mol. The Kier molecular flexibility index (Phi) is 4.57. The number of para-hydroxylation sites is 1. The summed E-state index contributed by atoms with van der Waals surface area (Å²) in [5, 5.41) is 12.2. The number of hydrogen-bond donors (Lipinski definition) is 2. The summed E-state index contributed by atoms with van der Waals surface area (Å²) >= 11 is 1.89. The Labute approximate surface area is 134 Å². The number of carbonyl (C=O) groups excluding carboxylic acids is 1. The number of urea groups is 1. The first-order valence-electron chi connectivity index (χ1n) is 7.65. The summed E-state index contributed by atoms with van der Waals surface area (Å²) in [5.41, 5.74) is 0.936. The second kappa shape index (κ2) is 6.60. The van der Waals surface area contributed by atoms with Crippen LogP contribution >= 0.6 is 11.8 Å². The zero-order valence-corrected chi connectivity index (χ0v) is 13.1. The molecule has 3 atom stereocenters. The van der Waals surface area contributed by atoms with E-state index in [0.717, 1.165) is 24.3 Å². The minimum absolute atomic E-state index is 0.0166. The van der Waals surface area contributed by atoms with Gasteiger partial charge in [0.15, 0.2) is 0 Å². The Bertz CT molecular complexity index is 552. The van der Waals surface area contributed by atoms with E-state index in [-0.39, 0.29) is 24.5 Å². The van der Waals surface area contributed by atoms with Crippen LogP contribution in [0.3, 0.4) is 0 Å². The zero-order chi connectivity index (χ0) is 15.5. The summed E-state index contributed by atoms with van der Waals surface area (Å²) < 4.78 is 0. The SMILES string of the molecule is O=C(O)CCCC[C@@H]1SC[C@H]2NC(=O)N(c3ccccc3)[C@@H]12. The second-order valence-corrected chi connectivity index (χ2v) is 7.04. The van der Waals surface area contributed by atoms with Crippen LogP contribution in [0.4, 0.5) is 10.5 Å². The van der Waals surface area contributed by atoms with Crippen molar-refractivity contribution in [3.63, 3.8) is 0 Å². The van der Waals surface area contributed by atoms with Crippen molar-refractivity contribution in [1.82, 2.24) is 5.32 Å². The molecular weight excluding hydrogens is 300 g/mol. The Morgan fingerprint density at radius 1 is 1.32 bits per heavy atom. The average molecular weight is 320 g/mol. The van der Waals surface area contributed by atoms with Gasteiger partial charge in [-0.15, -0.1) is 0 Å². The first kappa shape index (κ1) is 15.2. The molecule has 2 aliphatic rings. The fourth-order valence-electron chi connectivity index (χ4n) is 3.27. The molecule has 0 saturated carbocycles. The van der Waals surface area contributed by atoms with E-state index in [9.17, 15) is 9.59 Å². The highest BCUT2D eigenvalue weighted by Crippen LogP contribution is 2.39. The third-order valence-electron chi connectivity index (χ3n) is 4.27. The lowest BCUT2D eigenvalue weighted by atomic mass is 10.0. The van der Waals surface area contributed by atoms with Crippen LogP contribution in [-0.2, 0) is 4.79 Å². The number of unbranched alkanes of at least 4 members (excludes halogenated alkanes) is 1. The minimum Gasteiger partial charge on any atom is -0.481 e. The maximum absolute atomic E-state index is 12.3. The van der Waals surface area contributed by atoms with Gasteiger partial charge in [0, 0.05) is 23.1 Å². The molecule has 0 radical (unpaired) electrons. The van der Waals surface area contributed by atoms with Gasteiger partial charge in [-0.3, -0.25) is 9.69 Å². The minimum atomic E-state index is -0.736. The van der Waals surface area contributed by atoms with Crippen molar-refractivity contribution in [3.8, 4) is 0 Å². The molecule has 2 saturated heterocycles. The zero-order valence-electron chi connectivity index (χ0n) is 12.3. The molecule has 3 rings (SSSR count). The van der Waals surface area contributed by atoms with E-state index in [4.69, 9.17) is 5.11 Å². The van der Waals surface area contributed by atoms with E-state index < -0.39 is 5.97 Å². The molecule has 6 heteroatoms. The number of anilines is 1. The molecule has 0 spiro atoms. The van der Waals surface area contributed by atoms with Gasteiger partial charge < -0.3 is 10.4 Å². The topological polar surface area (TPSA) is 69.6 Å². The van der Waals surface area contributed by atoms with Gasteiger partial charge in [0.1, 0.15) is 0 Å². The number of thioether (sulfide) groups is 1. The van der Waals surface area contributed by atoms with E-state index >= 15 is 0 Å². The van der Waals surface area contributed by atoms with Crippen molar-refractivity contribution in [3.05, 3.63) is 30.3 Å². The van der Waals surface area contributed by atoms with Gasteiger partial charge in [-0.25, -0.2) is 4.79 Å². The van der Waals surface area contributed by atoms with Crippen LogP contribution < -0.4 is 10.2 Å². The predicted octanol–water partition coefficient (Wildman–Crippen LogP) is 2.71. The number of carboxylic acid groups (broad SMARTS) is 1.